The summed E-state index contributed by atoms with van der Waals surface area (Å²) in [6, 6.07) is 3.40. The van der Waals surface area contributed by atoms with Gasteiger partial charge in [-0.3, -0.25) is 14.0 Å². The van der Waals surface area contributed by atoms with Gasteiger partial charge in [0, 0.05) is 25.5 Å². The van der Waals surface area contributed by atoms with E-state index in [2.05, 4.69) is 23.9 Å². The first-order valence-electron chi connectivity index (χ1n) is 7.75. The Morgan fingerprint density at radius 2 is 1.83 bits per heavy atom. The molecule has 0 N–H and O–H groups in total. The fourth-order valence-corrected chi connectivity index (χ4v) is 4.54. The molecule has 0 aliphatic rings. The normalized spacial score (nSPS) is 11.9. The van der Waals surface area contributed by atoms with E-state index in [1.54, 1.807) is 36.1 Å². The molecule has 2 heterocycles. The summed E-state index contributed by atoms with van der Waals surface area (Å²) < 4.78 is 29.5. The molecule has 0 bridgehead atoms. The molecule has 0 atom stereocenters. The molecule has 0 aromatic carbocycles. The Bertz CT molecular complexity index is 767. The third kappa shape index (κ3) is 3.39. The van der Waals surface area contributed by atoms with Crippen molar-refractivity contribution in [2.75, 3.05) is 10.8 Å². The number of hydrogen-bond donors (Lipinski definition) is 0. The largest absolute Gasteiger partial charge is 0.268 e. The minimum absolute atomic E-state index is 0.303. The number of aromatic nitrogens is 3. The minimum atomic E-state index is -3.66. The summed E-state index contributed by atoms with van der Waals surface area (Å²) in [6.07, 6.45) is 3.19. The van der Waals surface area contributed by atoms with Crippen LogP contribution in [-0.4, -0.2) is 29.7 Å². The van der Waals surface area contributed by atoms with Gasteiger partial charge in [0.25, 0.3) is 10.0 Å². The predicted octanol–water partition coefficient (Wildman–Crippen LogP) is 2.77. The number of sulfonamides is 1. The molecule has 0 fully saturated rings. The number of anilines is 1. The molecule has 0 spiro atoms. The highest BCUT2D eigenvalue weighted by Crippen LogP contribution is 2.27. The molecule has 2 rings (SSSR count). The van der Waals surface area contributed by atoms with Crippen LogP contribution in [0, 0.1) is 19.8 Å². The van der Waals surface area contributed by atoms with Crippen molar-refractivity contribution in [1.82, 2.24) is 14.8 Å². The van der Waals surface area contributed by atoms with Crippen molar-refractivity contribution in [3.05, 3.63) is 35.9 Å². The molecule has 0 unspecified atom stereocenters. The van der Waals surface area contributed by atoms with Crippen molar-refractivity contribution in [2.24, 2.45) is 5.92 Å². The number of rotatable bonds is 6. The standard InChI is InChI=1S/C16H24N4O2S/c1-6-20(15-7-9-17-10-8-15)23(21,22)16-13(4)18-19(14(16)5)11-12(2)3/h7-10,12H,6,11H2,1-5H3. The lowest BCUT2D eigenvalue weighted by Gasteiger charge is -2.23. The van der Waals surface area contributed by atoms with Crippen LogP contribution < -0.4 is 4.31 Å². The van der Waals surface area contributed by atoms with Crippen LogP contribution >= 0.6 is 0 Å². The fourth-order valence-electron chi connectivity index (χ4n) is 2.69. The van der Waals surface area contributed by atoms with Crippen molar-refractivity contribution in [1.29, 1.82) is 0 Å². The summed E-state index contributed by atoms with van der Waals surface area (Å²) >= 11 is 0. The van der Waals surface area contributed by atoms with Gasteiger partial charge >= 0.3 is 0 Å². The van der Waals surface area contributed by atoms with E-state index in [0.29, 0.717) is 41.0 Å². The molecule has 0 saturated carbocycles. The quantitative estimate of drug-likeness (QED) is 0.813. The summed E-state index contributed by atoms with van der Waals surface area (Å²) in [5.74, 6) is 0.394. The van der Waals surface area contributed by atoms with Crippen LogP contribution in [0.4, 0.5) is 5.69 Å². The monoisotopic (exact) mass is 336 g/mol. The van der Waals surface area contributed by atoms with E-state index in [9.17, 15) is 8.42 Å². The van der Waals surface area contributed by atoms with Crippen molar-refractivity contribution < 1.29 is 8.42 Å². The van der Waals surface area contributed by atoms with Gasteiger partial charge in [0.05, 0.1) is 17.1 Å². The Kier molecular flexibility index (Phi) is 5.09. The minimum Gasteiger partial charge on any atom is -0.268 e. The SMILES string of the molecule is CCN(c1ccncc1)S(=O)(=O)c1c(C)nn(CC(C)C)c1C. The maximum atomic E-state index is 13.2. The van der Waals surface area contributed by atoms with Crippen molar-refractivity contribution in [2.45, 2.75) is 46.1 Å². The van der Waals surface area contributed by atoms with Crippen LogP contribution in [0.1, 0.15) is 32.2 Å². The summed E-state index contributed by atoms with van der Waals surface area (Å²) in [7, 11) is -3.66. The van der Waals surface area contributed by atoms with E-state index in [1.165, 1.54) is 4.31 Å². The van der Waals surface area contributed by atoms with Gasteiger partial charge in [-0.1, -0.05) is 13.8 Å². The molecule has 0 aliphatic heterocycles. The Labute approximate surface area is 138 Å². The van der Waals surface area contributed by atoms with Crippen LogP contribution in [0.15, 0.2) is 29.4 Å². The fraction of sp³-hybridized carbons (Fsp3) is 0.500. The molecule has 126 valence electrons. The molecule has 0 radical (unpaired) electrons. The Balaban J connectivity index is 2.53. The Morgan fingerprint density at radius 1 is 1.22 bits per heavy atom. The molecule has 2 aromatic heterocycles. The third-order valence-electron chi connectivity index (χ3n) is 3.64. The zero-order valence-electron chi connectivity index (χ0n) is 14.3. The summed E-state index contributed by atoms with van der Waals surface area (Å²) in [5.41, 5.74) is 1.83. The molecular weight excluding hydrogens is 312 g/mol. The first-order valence-corrected chi connectivity index (χ1v) is 9.19. The van der Waals surface area contributed by atoms with E-state index in [4.69, 9.17) is 0 Å². The highest BCUT2D eigenvalue weighted by Gasteiger charge is 2.30. The number of aryl methyl sites for hydroxylation is 1. The van der Waals surface area contributed by atoms with Crippen molar-refractivity contribution >= 4 is 15.7 Å². The second-order valence-corrected chi connectivity index (χ2v) is 7.75. The van der Waals surface area contributed by atoms with Crippen molar-refractivity contribution in [3.63, 3.8) is 0 Å². The maximum Gasteiger partial charge on any atom is 0.267 e. The molecule has 0 amide bonds. The molecule has 23 heavy (non-hydrogen) atoms. The lowest BCUT2D eigenvalue weighted by molar-refractivity contribution is 0.472. The van der Waals surface area contributed by atoms with E-state index < -0.39 is 10.0 Å². The highest BCUT2D eigenvalue weighted by atomic mass is 32.2. The average molecular weight is 336 g/mol. The van der Waals surface area contributed by atoms with Gasteiger partial charge in [0.2, 0.25) is 0 Å². The zero-order chi connectivity index (χ0) is 17.2. The second kappa shape index (κ2) is 6.70. The summed E-state index contributed by atoms with van der Waals surface area (Å²) in [5, 5.41) is 4.43. The van der Waals surface area contributed by atoms with E-state index in [1.807, 2.05) is 13.8 Å². The molecule has 2 aromatic rings. The van der Waals surface area contributed by atoms with Gasteiger partial charge in [-0.15, -0.1) is 0 Å². The zero-order valence-corrected chi connectivity index (χ0v) is 15.1. The lowest BCUT2D eigenvalue weighted by atomic mass is 10.2. The third-order valence-corrected chi connectivity index (χ3v) is 5.80. The van der Waals surface area contributed by atoms with Crippen LogP contribution in [0.3, 0.4) is 0 Å². The van der Waals surface area contributed by atoms with Gasteiger partial charge in [0.15, 0.2) is 0 Å². The summed E-state index contributed by atoms with van der Waals surface area (Å²) in [4.78, 5) is 4.25. The number of nitrogens with zero attached hydrogens (tertiary/aromatic N) is 4. The Morgan fingerprint density at radius 3 is 2.35 bits per heavy atom. The lowest BCUT2D eigenvalue weighted by Crippen LogP contribution is -2.31. The predicted molar refractivity (Wildman–Crippen MR) is 91.0 cm³/mol. The van der Waals surface area contributed by atoms with Gasteiger partial charge in [-0.25, -0.2) is 8.42 Å². The first-order chi connectivity index (χ1) is 10.8. The molecule has 0 aliphatic carbocycles. The Hall–Kier alpha value is -1.89. The topological polar surface area (TPSA) is 68.1 Å². The highest BCUT2D eigenvalue weighted by molar-refractivity contribution is 7.93. The van der Waals surface area contributed by atoms with Crippen LogP contribution in [-0.2, 0) is 16.6 Å². The van der Waals surface area contributed by atoms with E-state index in [-0.39, 0.29) is 0 Å². The van der Waals surface area contributed by atoms with Crippen LogP contribution in [0.2, 0.25) is 0 Å². The molecule has 6 nitrogen and oxygen atoms in total. The molecule has 0 saturated heterocycles. The van der Waals surface area contributed by atoms with E-state index >= 15 is 0 Å². The van der Waals surface area contributed by atoms with Crippen molar-refractivity contribution in [3.8, 4) is 0 Å². The summed E-state index contributed by atoms with van der Waals surface area (Å²) in [6.45, 7) is 10.6. The van der Waals surface area contributed by atoms with Gasteiger partial charge in [-0.2, -0.15) is 5.10 Å². The number of pyridine rings is 1. The van der Waals surface area contributed by atoms with Gasteiger partial charge in [0.1, 0.15) is 4.90 Å². The van der Waals surface area contributed by atoms with Gasteiger partial charge < -0.3 is 0 Å². The maximum absolute atomic E-state index is 13.2. The van der Waals surface area contributed by atoms with Crippen LogP contribution in [0.25, 0.3) is 0 Å². The second-order valence-electron chi connectivity index (χ2n) is 5.95. The number of hydrogen-bond acceptors (Lipinski definition) is 4. The smallest absolute Gasteiger partial charge is 0.267 e. The van der Waals surface area contributed by atoms with Crippen LogP contribution in [0.5, 0.6) is 0 Å². The molecule has 7 heteroatoms. The van der Waals surface area contributed by atoms with Gasteiger partial charge in [-0.05, 0) is 38.8 Å². The van der Waals surface area contributed by atoms with E-state index in [0.717, 1.165) is 0 Å². The molecular formula is C16H24N4O2S. The average Bonchev–Trinajstić information content (AvgIpc) is 2.74. The first kappa shape index (κ1) is 17.5.